The Balaban J connectivity index is 2.59. The minimum absolute atomic E-state index is 0.256. The molecule has 0 radical (unpaired) electrons. The van der Waals surface area contributed by atoms with Gasteiger partial charge in [0.1, 0.15) is 18.3 Å². The standard InChI is InChI=1S/C13H18N2O5/c1-7(2)10(13(18)19)15-11(16)8(3)14-12(17)9-4-5-20-6-9/h4-8,10H,1-3H3,(H,14,17)(H,15,16)(H,18,19)/t8?,10-/m0/s1. The number of carbonyl (C=O) groups excluding carboxylic acids is 2. The summed E-state index contributed by atoms with van der Waals surface area (Å²) in [4.78, 5) is 34.6. The van der Waals surface area contributed by atoms with Crippen LogP contribution in [0.5, 0.6) is 0 Å². The van der Waals surface area contributed by atoms with Crippen molar-refractivity contribution in [3.8, 4) is 0 Å². The Labute approximate surface area is 116 Å². The van der Waals surface area contributed by atoms with E-state index >= 15 is 0 Å². The number of hydrogen-bond donors (Lipinski definition) is 3. The topological polar surface area (TPSA) is 109 Å². The highest BCUT2D eigenvalue weighted by molar-refractivity contribution is 5.97. The molecule has 0 fully saturated rings. The van der Waals surface area contributed by atoms with Gasteiger partial charge in [0, 0.05) is 0 Å². The smallest absolute Gasteiger partial charge is 0.326 e. The van der Waals surface area contributed by atoms with Crippen molar-refractivity contribution in [2.24, 2.45) is 5.92 Å². The predicted molar refractivity (Wildman–Crippen MR) is 70.0 cm³/mol. The maximum absolute atomic E-state index is 11.9. The van der Waals surface area contributed by atoms with E-state index in [4.69, 9.17) is 9.52 Å². The van der Waals surface area contributed by atoms with Crippen LogP contribution in [0, 0.1) is 5.92 Å². The van der Waals surface area contributed by atoms with Crippen LogP contribution >= 0.6 is 0 Å². The number of aliphatic carboxylic acids is 1. The van der Waals surface area contributed by atoms with Crippen LogP contribution in [0.2, 0.25) is 0 Å². The highest BCUT2D eigenvalue weighted by Gasteiger charge is 2.26. The number of carbonyl (C=O) groups is 3. The first kappa shape index (κ1) is 15.7. The number of hydrogen-bond acceptors (Lipinski definition) is 4. The largest absolute Gasteiger partial charge is 0.480 e. The van der Waals surface area contributed by atoms with Crippen molar-refractivity contribution in [2.75, 3.05) is 0 Å². The van der Waals surface area contributed by atoms with E-state index in [0.717, 1.165) is 0 Å². The third-order valence-electron chi connectivity index (χ3n) is 2.75. The fourth-order valence-electron chi connectivity index (χ4n) is 1.53. The molecule has 7 heteroatoms. The molecule has 1 aromatic heterocycles. The van der Waals surface area contributed by atoms with Crippen LogP contribution in [-0.2, 0) is 9.59 Å². The van der Waals surface area contributed by atoms with Crippen LogP contribution < -0.4 is 10.6 Å². The zero-order valence-electron chi connectivity index (χ0n) is 11.5. The first-order chi connectivity index (χ1) is 9.32. The number of carboxylic acids is 1. The fourth-order valence-corrected chi connectivity index (χ4v) is 1.53. The van der Waals surface area contributed by atoms with Gasteiger partial charge in [0.2, 0.25) is 5.91 Å². The molecule has 110 valence electrons. The Hall–Kier alpha value is -2.31. The van der Waals surface area contributed by atoms with Crippen molar-refractivity contribution >= 4 is 17.8 Å². The molecule has 1 rings (SSSR count). The molecule has 1 heterocycles. The highest BCUT2D eigenvalue weighted by Crippen LogP contribution is 2.03. The lowest BCUT2D eigenvalue weighted by atomic mass is 10.0. The highest BCUT2D eigenvalue weighted by atomic mass is 16.4. The van der Waals surface area contributed by atoms with E-state index < -0.39 is 29.9 Å². The lowest BCUT2D eigenvalue weighted by molar-refractivity contribution is -0.143. The summed E-state index contributed by atoms with van der Waals surface area (Å²) in [6.07, 6.45) is 2.60. The van der Waals surface area contributed by atoms with Crippen molar-refractivity contribution in [3.05, 3.63) is 24.2 Å². The molecule has 7 nitrogen and oxygen atoms in total. The number of furan rings is 1. The lowest BCUT2D eigenvalue weighted by Gasteiger charge is -2.20. The van der Waals surface area contributed by atoms with Gasteiger partial charge in [0.15, 0.2) is 0 Å². The van der Waals surface area contributed by atoms with Crippen LogP contribution in [0.15, 0.2) is 23.0 Å². The summed E-state index contributed by atoms with van der Waals surface area (Å²) in [5.41, 5.74) is 0.295. The maximum Gasteiger partial charge on any atom is 0.326 e. The molecule has 20 heavy (non-hydrogen) atoms. The van der Waals surface area contributed by atoms with Crippen molar-refractivity contribution in [1.82, 2.24) is 10.6 Å². The summed E-state index contributed by atoms with van der Waals surface area (Å²) >= 11 is 0. The molecule has 0 spiro atoms. The zero-order valence-corrected chi connectivity index (χ0v) is 11.5. The van der Waals surface area contributed by atoms with E-state index in [1.807, 2.05) is 0 Å². The van der Waals surface area contributed by atoms with Gasteiger partial charge in [-0.25, -0.2) is 4.79 Å². The maximum atomic E-state index is 11.9. The van der Waals surface area contributed by atoms with E-state index in [2.05, 4.69) is 10.6 Å². The van der Waals surface area contributed by atoms with Gasteiger partial charge in [-0.05, 0) is 18.9 Å². The van der Waals surface area contributed by atoms with Gasteiger partial charge in [-0.2, -0.15) is 0 Å². The molecule has 0 bridgehead atoms. The van der Waals surface area contributed by atoms with Crippen LogP contribution in [0.3, 0.4) is 0 Å². The van der Waals surface area contributed by atoms with Gasteiger partial charge in [-0.3, -0.25) is 9.59 Å². The van der Waals surface area contributed by atoms with Crippen LogP contribution in [-0.4, -0.2) is 35.0 Å². The van der Waals surface area contributed by atoms with Crippen molar-refractivity contribution in [2.45, 2.75) is 32.9 Å². The Morgan fingerprint density at radius 1 is 1.20 bits per heavy atom. The summed E-state index contributed by atoms with van der Waals surface area (Å²) in [5, 5.41) is 13.8. The molecular weight excluding hydrogens is 264 g/mol. The second kappa shape index (κ2) is 6.74. The van der Waals surface area contributed by atoms with E-state index in [9.17, 15) is 14.4 Å². The van der Waals surface area contributed by atoms with Crippen LogP contribution in [0.25, 0.3) is 0 Å². The summed E-state index contributed by atoms with van der Waals surface area (Å²) in [5.74, 6) is -2.38. The first-order valence-corrected chi connectivity index (χ1v) is 6.19. The normalized spacial score (nSPS) is 13.6. The Bertz CT molecular complexity index is 481. The Morgan fingerprint density at radius 2 is 1.85 bits per heavy atom. The van der Waals surface area contributed by atoms with Gasteiger partial charge in [0.05, 0.1) is 11.8 Å². The Morgan fingerprint density at radius 3 is 2.30 bits per heavy atom. The average molecular weight is 282 g/mol. The fraction of sp³-hybridized carbons (Fsp3) is 0.462. The molecule has 0 aliphatic rings. The number of rotatable bonds is 6. The summed E-state index contributed by atoms with van der Waals surface area (Å²) in [6, 6.07) is -0.373. The second-order valence-corrected chi connectivity index (χ2v) is 4.78. The molecule has 0 saturated carbocycles. The second-order valence-electron chi connectivity index (χ2n) is 4.78. The lowest BCUT2D eigenvalue weighted by Crippen LogP contribution is -2.52. The number of amides is 2. The van der Waals surface area contributed by atoms with Crippen LogP contribution in [0.4, 0.5) is 0 Å². The average Bonchev–Trinajstić information content (AvgIpc) is 2.88. The monoisotopic (exact) mass is 282 g/mol. The van der Waals surface area contributed by atoms with Crippen molar-refractivity contribution in [3.63, 3.8) is 0 Å². The van der Waals surface area contributed by atoms with Gasteiger partial charge >= 0.3 is 5.97 Å². The molecule has 3 N–H and O–H groups in total. The zero-order chi connectivity index (χ0) is 15.3. The van der Waals surface area contributed by atoms with E-state index in [1.165, 1.54) is 25.5 Å². The quantitative estimate of drug-likeness (QED) is 0.709. The molecule has 2 amide bonds. The molecule has 0 aliphatic carbocycles. The van der Waals surface area contributed by atoms with Crippen molar-refractivity contribution < 1.29 is 23.9 Å². The molecule has 2 atom stereocenters. The minimum Gasteiger partial charge on any atom is -0.480 e. The van der Waals surface area contributed by atoms with E-state index in [0.29, 0.717) is 5.56 Å². The minimum atomic E-state index is -1.11. The third kappa shape index (κ3) is 4.11. The van der Waals surface area contributed by atoms with Gasteiger partial charge in [0.25, 0.3) is 5.91 Å². The molecular formula is C13H18N2O5. The predicted octanol–water partition coefficient (Wildman–Crippen LogP) is 0.623. The number of nitrogens with one attached hydrogen (secondary N) is 2. The summed E-state index contributed by atoms with van der Waals surface area (Å²) < 4.78 is 4.77. The number of carboxylic acid groups (broad SMARTS) is 1. The summed E-state index contributed by atoms with van der Waals surface area (Å²) in [7, 11) is 0. The van der Waals surface area contributed by atoms with Gasteiger partial charge < -0.3 is 20.2 Å². The van der Waals surface area contributed by atoms with Crippen LogP contribution in [0.1, 0.15) is 31.1 Å². The molecule has 0 aromatic carbocycles. The summed E-state index contributed by atoms with van der Waals surface area (Å²) in [6.45, 7) is 4.86. The SMILES string of the molecule is CC(NC(=O)c1ccoc1)C(=O)N[C@H](C(=O)O)C(C)C. The first-order valence-electron chi connectivity index (χ1n) is 6.19. The van der Waals surface area contributed by atoms with Crippen molar-refractivity contribution in [1.29, 1.82) is 0 Å². The molecule has 0 saturated heterocycles. The Kier molecular flexibility index (Phi) is 5.31. The van der Waals surface area contributed by atoms with E-state index in [1.54, 1.807) is 13.8 Å². The molecule has 0 aliphatic heterocycles. The molecule has 1 aromatic rings. The van der Waals surface area contributed by atoms with Gasteiger partial charge in [-0.15, -0.1) is 0 Å². The third-order valence-corrected chi connectivity index (χ3v) is 2.75. The van der Waals surface area contributed by atoms with Gasteiger partial charge in [-0.1, -0.05) is 13.8 Å². The molecule has 1 unspecified atom stereocenters. The van der Waals surface area contributed by atoms with E-state index in [-0.39, 0.29) is 5.92 Å².